The molecular formula is C16H13BrO3. The number of benzene rings is 2. The van der Waals surface area contributed by atoms with Crippen LogP contribution in [0.4, 0.5) is 0 Å². The molecule has 0 aliphatic carbocycles. The number of esters is 1. The summed E-state index contributed by atoms with van der Waals surface area (Å²) in [5.41, 5.74) is 1.17. The molecule has 2 rings (SSSR count). The standard InChI is InChI=1S/C16H13BrO3/c1-2-20-16(19)14-9-4-3-8-13(14)15(18)11-6-5-7-12(17)10-11/h3-10H,2H2,1H3. The minimum Gasteiger partial charge on any atom is -0.462 e. The van der Waals surface area contributed by atoms with Gasteiger partial charge in [0.25, 0.3) is 0 Å². The fraction of sp³-hybridized carbons (Fsp3) is 0.125. The minimum atomic E-state index is -0.480. The molecule has 0 saturated heterocycles. The van der Waals surface area contributed by atoms with Gasteiger partial charge < -0.3 is 4.74 Å². The van der Waals surface area contributed by atoms with Crippen LogP contribution in [-0.2, 0) is 4.74 Å². The predicted molar refractivity (Wildman–Crippen MR) is 80.0 cm³/mol. The Morgan fingerprint density at radius 1 is 1.05 bits per heavy atom. The number of ketones is 1. The lowest BCUT2D eigenvalue weighted by atomic mass is 9.98. The van der Waals surface area contributed by atoms with Crippen LogP contribution < -0.4 is 0 Å². The fourth-order valence-corrected chi connectivity index (χ4v) is 2.25. The highest BCUT2D eigenvalue weighted by atomic mass is 79.9. The average Bonchev–Trinajstić information content (AvgIpc) is 2.47. The van der Waals surface area contributed by atoms with E-state index in [-0.39, 0.29) is 12.4 Å². The summed E-state index contributed by atoms with van der Waals surface area (Å²) in [6.07, 6.45) is 0. The van der Waals surface area contributed by atoms with Crippen molar-refractivity contribution in [2.75, 3.05) is 6.61 Å². The zero-order valence-corrected chi connectivity index (χ0v) is 12.5. The molecule has 3 nitrogen and oxygen atoms in total. The summed E-state index contributed by atoms with van der Waals surface area (Å²) in [7, 11) is 0. The van der Waals surface area contributed by atoms with Gasteiger partial charge in [-0.2, -0.15) is 0 Å². The Hall–Kier alpha value is -1.94. The van der Waals surface area contributed by atoms with Crippen LogP contribution in [0.15, 0.2) is 53.0 Å². The monoisotopic (exact) mass is 332 g/mol. The number of halogens is 1. The molecule has 4 heteroatoms. The van der Waals surface area contributed by atoms with Crippen molar-refractivity contribution in [2.24, 2.45) is 0 Å². The maximum absolute atomic E-state index is 12.5. The molecule has 0 fully saturated rings. The summed E-state index contributed by atoms with van der Waals surface area (Å²) in [4.78, 5) is 24.4. The molecule has 0 radical (unpaired) electrons. The summed E-state index contributed by atoms with van der Waals surface area (Å²) in [6.45, 7) is 2.01. The van der Waals surface area contributed by atoms with Crippen LogP contribution in [0.2, 0.25) is 0 Å². The minimum absolute atomic E-state index is 0.199. The van der Waals surface area contributed by atoms with Crippen molar-refractivity contribution in [1.29, 1.82) is 0 Å². The summed E-state index contributed by atoms with van der Waals surface area (Å²) in [5.74, 6) is -0.679. The molecule has 0 atom stereocenters. The molecule has 0 unspecified atom stereocenters. The zero-order chi connectivity index (χ0) is 14.5. The van der Waals surface area contributed by atoms with E-state index in [1.165, 1.54) is 0 Å². The SMILES string of the molecule is CCOC(=O)c1ccccc1C(=O)c1cccc(Br)c1. The van der Waals surface area contributed by atoms with Crippen molar-refractivity contribution in [3.63, 3.8) is 0 Å². The van der Waals surface area contributed by atoms with Gasteiger partial charge in [0.1, 0.15) is 0 Å². The van der Waals surface area contributed by atoms with Crippen LogP contribution >= 0.6 is 15.9 Å². The number of hydrogen-bond acceptors (Lipinski definition) is 3. The second-order valence-electron chi connectivity index (χ2n) is 4.11. The van der Waals surface area contributed by atoms with E-state index in [2.05, 4.69) is 15.9 Å². The van der Waals surface area contributed by atoms with Crippen molar-refractivity contribution in [1.82, 2.24) is 0 Å². The lowest BCUT2D eigenvalue weighted by Gasteiger charge is -2.08. The first-order valence-corrected chi connectivity index (χ1v) is 6.99. The lowest BCUT2D eigenvalue weighted by Crippen LogP contribution is -2.12. The highest BCUT2D eigenvalue weighted by Gasteiger charge is 2.18. The van der Waals surface area contributed by atoms with Crippen molar-refractivity contribution in [3.8, 4) is 0 Å². The van der Waals surface area contributed by atoms with Crippen molar-refractivity contribution in [3.05, 3.63) is 69.7 Å². The van der Waals surface area contributed by atoms with Crippen molar-refractivity contribution >= 4 is 27.7 Å². The Morgan fingerprint density at radius 3 is 2.40 bits per heavy atom. The van der Waals surface area contributed by atoms with E-state index in [1.807, 2.05) is 6.07 Å². The molecule has 2 aromatic rings. The molecule has 102 valence electrons. The molecule has 0 saturated carbocycles. The van der Waals surface area contributed by atoms with Crippen LogP contribution in [0.25, 0.3) is 0 Å². The Labute approximate surface area is 125 Å². The highest BCUT2D eigenvalue weighted by molar-refractivity contribution is 9.10. The van der Waals surface area contributed by atoms with Gasteiger partial charge in [-0.3, -0.25) is 4.79 Å². The molecule has 0 heterocycles. The van der Waals surface area contributed by atoms with Gasteiger partial charge in [-0.25, -0.2) is 4.79 Å². The molecule has 0 N–H and O–H groups in total. The number of ether oxygens (including phenoxy) is 1. The largest absolute Gasteiger partial charge is 0.462 e. The van der Waals surface area contributed by atoms with Crippen LogP contribution in [-0.4, -0.2) is 18.4 Å². The third-order valence-electron chi connectivity index (χ3n) is 2.75. The number of hydrogen-bond donors (Lipinski definition) is 0. The predicted octanol–water partition coefficient (Wildman–Crippen LogP) is 3.86. The van der Waals surface area contributed by atoms with E-state index < -0.39 is 5.97 Å². The van der Waals surface area contributed by atoms with E-state index in [1.54, 1.807) is 49.4 Å². The summed E-state index contributed by atoms with van der Waals surface area (Å²) in [6, 6.07) is 13.7. The third kappa shape index (κ3) is 3.14. The first-order chi connectivity index (χ1) is 9.63. The second kappa shape index (κ2) is 6.48. The smallest absolute Gasteiger partial charge is 0.338 e. The number of rotatable bonds is 4. The van der Waals surface area contributed by atoms with E-state index in [0.29, 0.717) is 16.7 Å². The van der Waals surface area contributed by atoms with E-state index >= 15 is 0 Å². The lowest BCUT2D eigenvalue weighted by molar-refractivity contribution is 0.0523. The van der Waals surface area contributed by atoms with Gasteiger partial charge in [-0.15, -0.1) is 0 Å². The quantitative estimate of drug-likeness (QED) is 0.630. The first-order valence-electron chi connectivity index (χ1n) is 6.20. The number of carbonyl (C=O) groups is 2. The van der Waals surface area contributed by atoms with E-state index in [4.69, 9.17) is 4.74 Å². The van der Waals surface area contributed by atoms with Gasteiger partial charge in [0.15, 0.2) is 5.78 Å². The average molecular weight is 333 g/mol. The normalized spacial score (nSPS) is 10.1. The topological polar surface area (TPSA) is 43.4 Å². The van der Waals surface area contributed by atoms with Crippen molar-refractivity contribution < 1.29 is 14.3 Å². The van der Waals surface area contributed by atoms with Crippen LogP contribution in [0.3, 0.4) is 0 Å². The van der Waals surface area contributed by atoms with Gasteiger partial charge in [0.2, 0.25) is 0 Å². The molecule has 2 aromatic carbocycles. The molecule has 0 spiro atoms. The Bertz CT molecular complexity index is 650. The summed E-state index contributed by atoms with van der Waals surface area (Å²) >= 11 is 3.33. The van der Waals surface area contributed by atoms with Gasteiger partial charge in [0.05, 0.1) is 12.2 Å². The Morgan fingerprint density at radius 2 is 1.75 bits per heavy atom. The van der Waals surface area contributed by atoms with Crippen LogP contribution in [0, 0.1) is 0 Å². The van der Waals surface area contributed by atoms with Crippen LogP contribution in [0.5, 0.6) is 0 Å². The number of carbonyl (C=O) groups excluding carboxylic acids is 2. The fourth-order valence-electron chi connectivity index (χ4n) is 1.85. The molecule has 0 aromatic heterocycles. The van der Waals surface area contributed by atoms with Crippen molar-refractivity contribution in [2.45, 2.75) is 6.92 Å². The molecular weight excluding hydrogens is 320 g/mol. The molecule has 0 aliphatic rings. The maximum atomic E-state index is 12.5. The third-order valence-corrected chi connectivity index (χ3v) is 3.25. The van der Waals surface area contributed by atoms with Gasteiger partial charge >= 0.3 is 5.97 Å². The highest BCUT2D eigenvalue weighted by Crippen LogP contribution is 2.18. The van der Waals surface area contributed by atoms with E-state index in [0.717, 1.165) is 4.47 Å². The molecule has 0 aliphatic heterocycles. The Kier molecular flexibility index (Phi) is 4.69. The molecule has 0 amide bonds. The maximum Gasteiger partial charge on any atom is 0.338 e. The first kappa shape index (κ1) is 14.5. The summed E-state index contributed by atoms with van der Waals surface area (Å²) in [5, 5.41) is 0. The zero-order valence-electron chi connectivity index (χ0n) is 10.9. The van der Waals surface area contributed by atoms with E-state index in [9.17, 15) is 9.59 Å². The molecule has 0 bridgehead atoms. The van der Waals surface area contributed by atoms with Gasteiger partial charge in [-0.1, -0.05) is 46.3 Å². The van der Waals surface area contributed by atoms with Crippen LogP contribution in [0.1, 0.15) is 33.2 Å². The molecule has 20 heavy (non-hydrogen) atoms. The van der Waals surface area contributed by atoms with Gasteiger partial charge in [0, 0.05) is 15.6 Å². The van der Waals surface area contributed by atoms with Gasteiger partial charge in [-0.05, 0) is 25.1 Å². The summed E-state index contributed by atoms with van der Waals surface area (Å²) < 4.78 is 5.79. The second-order valence-corrected chi connectivity index (χ2v) is 5.02. The Balaban J connectivity index is 2.42.